The van der Waals surface area contributed by atoms with Gasteiger partial charge in [-0.2, -0.15) is 4.98 Å². The zero-order valence-corrected chi connectivity index (χ0v) is 11.3. The zero-order chi connectivity index (χ0) is 13.6. The van der Waals surface area contributed by atoms with Crippen molar-refractivity contribution in [2.75, 3.05) is 37.0 Å². The Morgan fingerprint density at radius 1 is 1.44 bits per heavy atom. The van der Waals surface area contributed by atoms with Crippen molar-refractivity contribution in [3.8, 4) is 5.88 Å². The van der Waals surface area contributed by atoms with E-state index in [4.69, 9.17) is 10.5 Å². The second kappa shape index (κ2) is 6.41. The number of sulfonamides is 1. The Balaban J connectivity index is 2.60. The van der Waals surface area contributed by atoms with Crippen LogP contribution in [0.25, 0.3) is 0 Å². The van der Waals surface area contributed by atoms with Crippen LogP contribution in [0.15, 0.2) is 12.1 Å². The Bertz CT molecular complexity index is 490. The molecule has 0 fully saturated rings. The summed E-state index contributed by atoms with van der Waals surface area (Å²) < 4.78 is 29.9. The lowest BCUT2D eigenvalue weighted by Crippen LogP contribution is -2.26. The molecule has 1 aromatic heterocycles. The van der Waals surface area contributed by atoms with Crippen LogP contribution >= 0.6 is 0 Å². The van der Waals surface area contributed by atoms with Crippen LogP contribution in [0.2, 0.25) is 0 Å². The van der Waals surface area contributed by atoms with Crippen molar-refractivity contribution in [2.45, 2.75) is 6.92 Å². The molecular weight excluding hydrogens is 256 g/mol. The van der Waals surface area contributed by atoms with Crippen molar-refractivity contribution >= 4 is 21.5 Å². The van der Waals surface area contributed by atoms with Crippen molar-refractivity contribution < 1.29 is 13.2 Å². The van der Waals surface area contributed by atoms with E-state index < -0.39 is 10.0 Å². The van der Waals surface area contributed by atoms with Gasteiger partial charge in [0, 0.05) is 6.54 Å². The van der Waals surface area contributed by atoms with Gasteiger partial charge in [0.2, 0.25) is 15.9 Å². The molecule has 0 aliphatic rings. The van der Waals surface area contributed by atoms with Crippen molar-refractivity contribution in [3.63, 3.8) is 0 Å². The number of ether oxygens (including phenoxy) is 1. The van der Waals surface area contributed by atoms with Gasteiger partial charge in [0.05, 0.1) is 18.0 Å². The van der Waals surface area contributed by atoms with E-state index in [1.165, 1.54) is 7.05 Å². The lowest BCUT2D eigenvalue weighted by atomic mass is 10.4. The lowest BCUT2D eigenvalue weighted by Gasteiger charge is -2.09. The van der Waals surface area contributed by atoms with Crippen LogP contribution in [0.4, 0.5) is 11.5 Å². The standard InChI is InChI=1S/C10H18N4O3S/c1-3-17-10-8(11)4-5-9(14-10)13-6-7-18(15,16)12-2/h4-5,12H,3,6-7,11H2,1-2H3,(H,13,14). The summed E-state index contributed by atoms with van der Waals surface area (Å²) in [5, 5.41) is 2.90. The predicted octanol–water partition coefficient (Wildman–Crippen LogP) is 0.0236. The van der Waals surface area contributed by atoms with Gasteiger partial charge in [0.15, 0.2) is 0 Å². The Labute approximate surface area is 107 Å². The number of nitrogens with one attached hydrogen (secondary N) is 2. The van der Waals surface area contributed by atoms with Crippen LogP contribution in [0.3, 0.4) is 0 Å². The Morgan fingerprint density at radius 3 is 2.78 bits per heavy atom. The summed E-state index contributed by atoms with van der Waals surface area (Å²) in [4.78, 5) is 4.13. The largest absolute Gasteiger partial charge is 0.476 e. The minimum atomic E-state index is -3.21. The smallest absolute Gasteiger partial charge is 0.239 e. The SMILES string of the molecule is CCOc1nc(NCCS(=O)(=O)NC)ccc1N. The molecule has 0 radical (unpaired) electrons. The summed E-state index contributed by atoms with van der Waals surface area (Å²) in [5.41, 5.74) is 6.12. The fraction of sp³-hybridized carbons (Fsp3) is 0.500. The maximum Gasteiger partial charge on any atom is 0.239 e. The first-order valence-electron chi connectivity index (χ1n) is 5.53. The van der Waals surface area contributed by atoms with Gasteiger partial charge in [-0.15, -0.1) is 0 Å². The summed E-state index contributed by atoms with van der Waals surface area (Å²) >= 11 is 0. The first-order chi connectivity index (χ1) is 8.48. The number of rotatable bonds is 7. The first-order valence-corrected chi connectivity index (χ1v) is 7.18. The number of nitrogens with two attached hydrogens (primary N) is 1. The molecule has 7 nitrogen and oxygen atoms in total. The molecule has 0 aliphatic carbocycles. The van der Waals surface area contributed by atoms with Gasteiger partial charge in [-0.3, -0.25) is 0 Å². The maximum atomic E-state index is 11.2. The summed E-state index contributed by atoms with van der Waals surface area (Å²) in [6.07, 6.45) is 0. The average Bonchev–Trinajstić information content (AvgIpc) is 2.33. The molecule has 0 aliphatic heterocycles. The minimum absolute atomic E-state index is 0.0282. The van der Waals surface area contributed by atoms with Crippen molar-refractivity contribution in [2.24, 2.45) is 0 Å². The van der Waals surface area contributed by atoms with Crippen LogP contribution < -0.4 is 20.5 Å². The fourth-order valence-electron chi connectivity index (χ4n) is 1.22. The van der Waals surface area contributed by atoms with E-state index >= 15 is 0 Å². The third kappa shape index (κ3) is 4.38. The summed E-state index contributed by atoms with van der Waals surface area (Å²) in [7, 11) is -1.84. The second-order valence-corrected chi connectivity index (χ2v) is 5.52. The maximum absolute atomic E-state index is 11.2. The van der Waals surface area contributed by atoms with Crippen molar-refractivity contribution in [1.29, 1.82) is 0 Å². The van der Waals surface area contributed by atoms with Crippen LogP contribution in [0, 0.1) is 0 Å². The van der Waals surface area contributed by atoms with Crippen molar-refractivity contribution in [1.82, 2.24) is 9.71 Å². The number of pyridine rings is 1. The molecule has 0 aromatic carbocycles. The Hall–Kier alpha value is -1.54. The molecule has 102 valence electrons. The van der Waals surface area contributed by atoms with Gasteiger partial charge in [0.25, 0.3) is 0 Å². The second-order valence-electron chi connectivity index (χ2n) is 3.47. The highest BCUT2D eigenvalue weighted by atomic mass is 32.2. The molecule has 0 saturated carbocycles. The van der Waals surface area contributed by atoms with Gasteiger partial charge in [-0.05, 0) is 26.1 Å². The Kier molecular flexibility index (Phi) is 5.17. The third-order valence-electron chi connectivity index (χ3n) is 2.16. The van der Waals surface area contributed by atoms with Gasteiger partial charge < -0.3 is 15.8 Å². The van der Waals surface area contributed by atoms with E-state index in [-0.39, 0.29) is 12.3 Å². The number of nitrogens with zero attached hydrogens (tertiary/aromatic N) is 1. The normalized spacial score (nSPS) is 11.2. The average molecular weight is 274 g/mol. The monoisotopic (exact) mass is 274 g/mol. The van der Waals surface area contributed by atoms with Gasteiger partial charge in [-0.1, -0.05) is 0 Å². The lowest BCUT2D eigenvalue weighted by molar-refractivity contribution is 0.329. The number of anilines is 2. The molecule has 1 heterocycles. The molecule has 18 heavy (non-hydrogen) atoms. The quantitative estimate of drug-likeness (QED) is 0.647. The van der Waals surface area contributed by atoms with E-state index in [9.17, 15) is 8.42 Å². The zero-order valence-electron chi connectivity index (χ0n) is 10.4. The molecule has 0 saturated heterocycles. The van der Waals surface area contributed by atoms with E-state index in [1.807, 2.05) is 6.92 Å². The molecule has 4 N–H and O–H groups in total. The first kappa shape index (κ1) is 14.5. The van der Waals surface area contributed by atoms with Crippen molar-refractivity contribution in [3.05, 3.63) is 12.1 Å². The number of nitrogen functional groups attached to an aromatic ring is 1. The highest BCUT2D eigenvalue weighted by molar-refractivity contribution is 7.89. The number of aromatic nitrogens is 1. The van der Waals surface area contributed by atoms with Crippen LogP contribution in [0.5, 0.6) is 5.88 Å². The van der Waals surface area contributed by atoms with Gasteiger partial charge in [-0.25, -0.2) is 13.1 Å². The summed E-state index contributed by atoms with van der Waals surface area (Å²) in [6.45, 7) is 2.56. The molecule has 0 amide bonds. The molecule has 0 atom stereocenters. The molecule has 0 spiro atoms. The highest BCUT2D eigenvalue weighted by Crippen LogP contribution is 2.20. The molecule has 0 bridgehead atoms. The molecule has 0 unspecified atom stereocenters. The Morgan fingerprint density at radius 2 is 2.17 bits per heavy atom. The van der Waals surface area contributed by atoms with E-state index in [1.54, 1.807) is 12.1 Å². The van der Waals surface area contributed by atoms with Crippen LogP contribution in [-0.4, -0.2) is 39.4 Å². The number of hydrogen-bond acceptors (Lipinski definition) is 6. The fourth-order valence-corrected chi connectivity index (χ4v) is 1.79. The molecule has 1 rings (SSSR count). The topological polar surface area (TPSA) is 106 Å². The third-order valence-corrected chi connectivity index (χ3v) is 3.52. The minimum Gasteiger partial charge on any atom is -0.476 e. The van der Waals surface area contributed by atoms with Crippen LogP contribution in [0.1, 0.15) is 6.92 Å². The van der Waals surface area contributed by atoms with Crippen LogP contribution in [-0.2, 0) is 10.0 Å². The summed E-state index contributed by atoms with van der Waals surface area (Å²) in [6, 6.07) is 3.33. The van der Waals surface area contributed by atoms with Gasteiger partial charge >= 0.3 is 0 Å². The van der Waals surface area contributed by atoms with Gasteiger partial charge in [0.1, 0.15) is 5.82 Å². The predicted molar refractivity (Wildman–Crippen MR) is 71.2 cm³/mol. The van der Waals surface area contributed by atoms with E-state index in [2.05, 4.69) is 15.0 Å². The number of hydrogen-bond donors (Lipinski definition) is 3. The van der Waals surface area contributed by atoms with E-state index in [0.29, 0.717) is 24.0 Å². The molecule has 1 aromatic rings. The van der Waals surface area contributed by atoms with E-state index in [0.717, 1.165) is 0 Å². The molecular formula is C10H18N4O3S. The molecule has 8 heteroatoms. The highest BCUT2D eigenvalue weighted by Gasteiger charge is 2.07. The summed E-state index contributed by atoms with van der Waals surface area (Å²) in [5.74, 6) is 0.845.